The Morgan fingerprint density at radius 1 is 1.43 bits per heavy atom. The topological polar surface area (TPSA) is 12.0 Å². The van der Waals surface area contributed by atoms with Gasteiger partial charge in [0.05, 0.1) is 16.1 Å². The molecule has 0 saturated heterocycles. The van der Waals surface area contributed by atoms with Crippen molar-refractivity contribution < 1.29 is 0 Å². The first-order chi connectivity index (χ1) is 6.63. The van der Waals surface area contributed by atoms with Crippen molar-refractivity contribution in [2.24, 2.45) is 0 Å². The van der Waals surface area contributed by atoms with E-state index in [9.17, 15) is 0 Å². The molecule has 1 nitrogen and oxygen atoms in total. The van der Waals surface area contributed by atoms with Crippen LogP contribution in [0.4, 0.5) is 0 Å². The largest absolute Gasteiger partial charge is 0.300 e. The Bertz CT molecular complexity index is 355. The minimum atomic E-state index is 0.0597. The van der Waals surface area contributed by atoms with E-state index in [1.165, 1.54) is 0 Å². The lowest BCUT2D eigenvalue weighted by Gasteiger charge is -2.07. The molecule has 0 radical (unpaired) electrons. The smallest absolute Gasteiger partial charge is 0.0660 e. The maximum Gasteiger partial charge on any atom is 0.0660 e. The first kappa shape index (κ1) is 11.4. The lowest BCUT2D eigenvalue weighted by molar-refractivity contribution is 0.648. The summed E-state index contributed by atoms with van der Waals surface area (Å²) in [5.41, 5.74) is 1.07. The third-order valence-corrected chi connectivity index (χ3v) is 2.59. The highest BCUT2D eigenvalue weighted by Gasteiger charge is 2.00. The number of hydrogen-bond acceptors (Lipinski definition) is 1. The van der Waals surface area contributed by atoms with Crippen molar-refractivity contribution in [1.82, 2.24) is 5.32 Å². The zero-order valence-electron chi connectivity index (χ0n) is 7.85. The van der Waals surface area contributed by atoms with Gasteiger partial charge in [0.25, 0.3) is 0 Å². The quantitative estimate of drug-likeness (QED) is 0.784. The highest BCUT2D eigenvalue weighted by molar-refractivity contribution is 6.42. The summed E-state index contributed by atoms with van der Waals surface area (Å²) in [5, 5.41) is 4.30. The first-order valence-electron chi connectivity index (χ1n) is 4.27. The van der Waals surface area contributed by atoms with Crippen molar-refractivity contribution in [2.45, 2.75) is 19.5 Å². The average molecular weight is 228 g/mol. The monoisotopic (exact) mass is 227 g/mol. The maximum atomic E-state index is 5.86. The molecule has 0 saturated carbocycles. The van der Waals surface area contributed by atoms with E-state index in [-0.39, 0.29) is 6.04 Å². The Hall–Kier alpha value is -0.680. The van der Waals surface area contributed by atoms with Crippen LogP contribution in [-0.4, -0.2) is 6.04 Å². The van der Waals surface area contributed by atoms with E-state index in [2.05, 4.69) is 11.2 Å². The van der Waals surface area contributed by atoms with Gasteiger partial charge in [-0.3, -0.25) is 5.32 Å². The SMILES string of the molecule is C#CC(C)NCc1ccc(Cl)c(Cl)c1. The number of hydrogen-bond donors (Lipinski definition) is 1. The molecule has 1 N–H and O–H groups in total. The van der Waals surface area contributed by atoms with Gasteiger partial charge in [-0.2, -0.15) is 0 Å². The molecule has 0 amide bonds. The third-order valence-electron chi connectivity index (χ3n) is 1.85. The van der Waals surface area contributed by atoms with Gasteiger partial charge in [-0.25, -0.2) is 0 Å². The number of benzene rings is 1. The summed E-state index contributed by atoms with van der Waals surface area (Å²) >= 11 is 11.6. The number of halogens is 2. The second kappa shape index (κ2) is 5.26. The van der Waals surface area contributed by atoms with Crippen molar-refractivity contribution in [1.29, 1.82) is 0 Å². The van der Waals surface area contributed by atoms with Crippen LogP contribution in [0, 0.1) is 12.3 Å². The normalized spacial score (nSPS) is 12.1. The summed E-state index contributed by atoms with van der Waals surface area (Å²) in [5.74, 6) is 2.59. The van der Waals surface area contributed by atoms with E-state index >= 15 is 0 Å². The second-order valence-corrected chi connectivity index (χ2v) is 3.83. The molecule has 1 unspecified atom stereocenters. The molecule has 3 heteroatoms. The molecule has 0 aliphatic carbocycles. The van der Waals surface area contributed by atoms with Crippen molar-refractivity contribution in [3.63, 3.8) is 0 Å². The van der Waals surface area contributed by atoms with Crippen LogP contribution >= 0.6 is 23.2 Å². The molecule has 0 aliphatic heterocycles. The molecule has 1 aromatic carbocycles. The molecule has 0 spiro atoms. The zero-order valence-corrected chi connectivity index (χ0v) is 9.36. The van der Waals surface area contributed by atoms with E-state index in [0.29, 0.717) is 16.6 Å². The van der Waals surface area contributed by atoms with Crippen LogP contribution in [0.5, 0.6) is 0 Å². The lowest BCUT2D eigenvalue weighted by atomic mass is 10.2. The molecule has 1 aromatic rings. The van der Waals surface area contributed by atoms with Gasteiger partial charge in [0.1, 0.15) is 0 Å². The average Bonchev–Trinajstić information content (AvgIpc) is 2.19. The summed E-state index contributed by atoms with van der Waals surface area (Å²) < 4.78 is 0. The minimum absolute atomic E-state index is 0.0597. The molecule has 1 atom stereocenters. The molecule has 0 heterocycles. The predicted octanol–water partition coefficient (Wildman–Crippen LogP) is 3.10. The highest BCUT2D eigenvalue weighted by Crippen LogP contribution is 2.22. The van der Waals surface area contributed by atoms with E-state index in [4.69, 9.17) is 29.6 Å². The minimum Gasteiger partial charge on any atom is -0.300 e. The molecule has 0 aromatic heterocycles. The standard InChI is InChI=1S/C11H11Cl2N/c1-3-8(2)14-7-9-4-5-10(12)11(13)6-9/h1,4-6,8,14H,7H2,2H3. The van der Waals surface area contributed by atoms with Crippen LogP contribution in [0.15, 0.2) is 18.2 Å². The van der Waals surface area contributed by atoms with Crippen LogP contribution in [0.2, 0.25) is 10.0 Å². The summed E-state index contributed by atoms with van der Waals surface area (Å²) in [4.78, 5) is 0. The maximum absolute atomic E-state index is 5.86. The Labute approximate surface area is 94.4 Å². The summed E-state index contributed by atoms with van der Waals surface area (Å²) in [6.45, 7) is 2.62. The van der Waals surface area contributed by atoms with Crippen LogP contribution in [0.25, 0.3) is 0 Å². The number of nitrogens with one attached hydrogen (secondary N) is 1. The predicted molar refractivity (Wildman–Crippen MR) is 61.6 cm³/mol. The molecule has 1 rings (SSSR count). The van der Waals surface area contributed by atoms with E-state index in [1.54, 1.807) is 6.07 Å². The Kier molecular flexibility index (Phi) is 4.28. The van der Waals surface area contributed by atoms with Crippen molar-refractivity contribution in [2.75, 3.05) is 0 Å². The number of terminal acetylenes is 1. The van der Waals surface area contributed by atoms with Crippen LogP contribution in [0.3, 0.4) is 0 Å². The molecule has 0 aliphatic rings. The lowest BCUT2D eigenvalue weighted by Crippen LogP contribution is -2.23. The fourth-order valence-corrected chi connectivity index (χ4v) is 1.30. The molecule has 74 valence electrons. The van der Waals surface area contributed by atoms with Gasteiger partial charge in [-0.1, -0.05) is 35.2 Å². The second-order valence-electron chi connectivity index (χ2n) is 3.02. The molecular formula is C11H11Cl2N. The molecule has 0 bridgehead atoms. The Balaban J connectivity index is 2.61. The van der Waals surface area contributed by atoms with Crippen molar-refractivity contribution in [3.8, 4) is 12.3 Å². The Morgan fingerprint density at radius 3 is 2.71 bits per heavy atom. The van der Waals surface area contributed by atoms with Crippen molar-refractivity contribution in [3.05, 3.63) is 33.8 Å². The summed E-state index contributed by atoms with van der Waals surface area (Å²) in [7, 11) is 0. The van der Waals surface area contributed by atoms with E-state index in [1.807, 2.05) is 19.1 Å². The summed E-state index contributed by atoms with van der Waals surface area (Å²) in [6.07, 6.45) is 5.23. The molecular weight excluding hydrogens is 217 g/mol. The number of rotatable bonds is 3. The molecule has 14 heavy (non-hydrogen) atoms. The highest BCUT2D eigenvalue weighted by atomic mass is 35.5. The van der Waals surface area contributed by atoms with Gasteiger partial charge >= 0.3 is 0 Å². The fraction of sp³-hybridized carbons (Fsp3) is 0.273. The Morgan fingerprint density at radius 2 is 2.14 bits per heavy atom. The van der Waals surface area contributed by atoms with Gasteiger partial charge in [0.2, 0.25) is 0 Å². The van der Waals surface area contributed by atoms with Gasteiger partial charge in [-0.15, -0.1) is 6.42 Å². The summed E-state index contributed by atoms with van der Waals surface area (Å²) in [6, 6.07) is 5.59. The van der Waals surface area contributed by atoms with Gasteiger partial charge in [0.15, 0.2) is 0 Å². The van der Waals surface area contributed by atoms with E-state index in [0.717, 1.165) is 5.56 Å². The fourth-order valence-electron chi connectivity index (χ4n) is 0.979. The van der Waals surface area contributed by atoms with Crippen LogP contribution < -0.4 is 5.32 Å². The van der Waals surface area contributed by atoms with Crippen molar-refractivity contribution >= 4 is 23.2 Å². The van der Waals surface area contributed by atoms with Crippen LogP contribution in [-0.2, 0) is 6.54 Å². The molecule has 0 fully saturated rings. The van der Waals surface area contributed by atoms with E-state index < -0.39 is 0 Å². The van der Waals surface area contributed by atoms with Gasteiger partial charge < -0.3 is 0 Å². The first-order valence-corrected chi connectivity index (χ1v) is 5.02. The van der Waals surface area contributed by atoms with Gasteiger partial charge in [0, 0.05) is 6.54 Å². The zero-order chi connectivity index (χ0) is 10.6. The van der Waals surface area contributed by atoms with Gasteiger partial charge in [-0.05, 0) is 24.6 Å². The third kappa shape index (κ3) is 3.23. The van der Waals surface area contributed by atoms with Crippen LogP contribution in [0.1, 0.15) is 12.5 Å².